The Morgan fingerprint density at radius 2 is 1.81 bits per heavy atom. The second kappa shape index (κ2) is 5.50. The van der Waals surface area contributed by atoms with E-state index in [1.807, 2.05) is 0 Å². The van der Waals surface area contributed by atoms with Gasteiger partial charge in [-0.3, -0.25) is 4.79 Å². The number of hydrogen-bond acceptors (Lipinski definition) is 2. The van der Waals surface area contributed by atoms with Gasteiger partial charge < -0.3 is 5.32 Å². The van der Waals surface area contributed by atoms with Crippen molar-refractivity contribution in [2.45, 2.75) is 0 Å². The van der Waals surface area contributed by atoms with Crippen molar-refractivity contribution in [3.8, 4) is 0 Å². The molecular weight excluding hydrogens is 291 g/mol. The Morgan fingerprint density at radius 1 is 1.05 bits per heavy atom. The van der Waals surface area contributed by atoms with Crippen LogP contribution < -0.4 is 5.32 Å². The SMILES string of the molecule is O=C(Nc1ncccc1Cl)c1ccc(F)c2ccccc12. The number of benzene rings is 2. The Hall–Kier alpha value is -2.46. The van der Waals surface area contributed by atoms with Gasteiger partial charge in [-0.25, -0.2) is 9.37 Å². The minimum atomic E-state index is -0.383. The first-order valence-electron chi connectivity index (χ1n) is 6.26. The van der Waals surface area contributed by atoms with Crippen molar-refractivity contribution in [2.75, 3.05) is 5.32 Å². The van der Waals surface area contributed by atoms with E-state index in [9.17, 15) is 9.18 Å². The van der Waals surface area contributed by atoms with Crippen LogP contribution in [0.3, 0.4) is 0 Å². The first-order valence-corrected chi connectivity index (χ1v) is 6.64. The summed E-state index contributed by atoms with van der Waals surface area (Å²) in [5, 5.41) is 3.92. The lowest BCUT2D eigenvalue weighted by atomic mass is 10.0. The number of anilines is 1. The van der Waals surface area contributed by atoms with Gasteiger partial charge in [-0.05, 0) is 29.7 Å². The largest absolute Gasteiger partial charge is 0.305 e. The number of nitrogens with zero attached hydrogens (tertiary/aromatic N) is 1. The summed E-state index contributed by atoms with van der Waals surface area (Å²) in [7, 11) is 0. The fraction of sp³-hybridized carbons (Fsp3) is 0. The lowest BCUT2D eigenvalue weighted by molar-refractivity contribution is 0.102. The number of amides is 1. The third kappa shape index (κ3) is 2.58. The van der Waals surface area contributed by atoms with Crippen LogP contribution in [0.5, 0.6) is 0 Å². The Kier molecular flexibility index (Phi) is 3.54. The molecule has 0 aliphatic carbocycles. The van der Waals surface area contributed by atoms with Crippen LogP contribution in [-0.4, -0.2) is 10.9 Å². The van der Waals surface area contributed by atoms with Crippen LogP contribution in [0.4, 0.5) is 10.2 Å². The van der Waals surface area contributed by atoms with Crippen molar-refractivity contribution in [1.29, 1.82) is 0 Å². The molecule has 0 saturated carbocycles. The molecule has 21 heavy (non-hydrogen) atoms. The molecule has 1 amide bonds. The second-order valence-electron chi connectivity index (χ2n) is 4.43. The third-order valence-corrected chi connectivity index (χ3v) is 3.41. The smallest absolute Gasteiger partial charge is 0.257 e. The standard InChI is InChI=1S/C16H10ClFN2O/c17-13-6-3-9-19-15(13)20-16(21)12-7-8-14(18)11-5-2-1-4-10(11)12/h1-9H,(H,19,20,21). The first kappa shape index (κ1) is 13.5. The molecule has 1 aromatic heterocycles. The lowest BCUT2D eigenvalue weighted by Gasteiger charge is -2.09. The van der Waals surface area contributed by atoms with Gasteiger partial charge in [0.1, 0.15) is 5.82 Å². The van der Waals surface area contributed by atoms with Crippen molar-refractivity contribution in [3.63, 3.8) is 0 Å². The van der Waals surface area contributed by atoms with E-state index in [-0.39, 0.29) is 17.5 Å². The van der Waals surface area contributed by atoms with Gasteiger partial charge in [0.05, 0.1) is 5.02 Å². The number of fused-ring (bicyclic) bond motifs is 1. The Morgan fingerprint density at radius 3 is 2.57 bits per heavy atom. The molecule has 0 fully saturated rings. The highest BCUT2D eigenvalue weighted by molar-refractivity contribution is 6.33. The van der Waals surface area contributed by atoms with E-state index in [1.54, 1.807) is 36.4 Å². The van der Waals surface area contributed by atoms with E-state index in [4.69, 9.17) is 11.6 Å². The molecule has 3 aromatic rings. The molecule has 0 bridgehead atoms. The van der Waals surface area contributed by atoms with Crippen LogP contribution in [0.2, 0.25) is 5.02 Å². The molecule has 0 saturated heterocycles. The fourth-order valence-corrected chi connectivity index (χ4v) is 2.28. The van der Waals surface area contributed by atoms with Crippen LogP contribution in [0.25, 0.3) is 10.8 Å². The van der Waals surface area contributed by atoms with Gasteiger partial charge in [0.25, 0.3) is 5.91 Å². The molecule has 0 spiro atoms. The normalized spacial score (nSPS) is 10.6. The molecule has 0 aliphatic heterocycles. The summed E-state index contributed by atoms with van der Waals surface area (Å²) in [5.74, 6) is -0.470. The number of halogens is 2. The molecule has 1 N–H and O–H groups in total. The highest BCUT2D eigenvalue weighted by Gasteiger charge is 2.14. The summed E-state index contributed by atoms with van der Waals surface area (Å²) >= 11 is 5.96. The number of carbonyl (C=O) groups excluding carboxylic acids is 1. The third-order valence-electron chi connectivity index (χ3n) is 3.11. The predicted octanol–water partition coefficient (Wildman–Crippen LogP) is 4.28. The molecule has 0 atom stereocenters. The first-order chi connectivity index (χ1) is 10.2. The summed E-state index contributed by atoms with van der Waals surface area (Å²) in [4.78, 5) is 16.4. The van der Waals surface area contributed by atoms with Gasteiger partial charge in [-0.15, -0.1) is 0 Å². The summed E-state index contributed by atoms with van der Waals surface area (Å²) < 4.78 is 13.8. The summed E-state index contributed by atoms with van der Waals surface area (Å²) in [5.41, 5.74) is 0.369. The highest BCUT2D eigenvalue weighted by atomic mass is 35.5. The van der Waals surface area contributed by atoms with E-state index in [0.29, 0.717) is 21.4 Å². The van der Waals surface area contributed by atoms with Crippen molar-refractivity contribution in [2.24, 2.45) is 0 Å². The van der Waals surface area contributed by atoms with E-state index in [1.165, 1.54) is 18.3 Å². The van der Waals surface area contributed by atoms with Gasteiger partial charge >= 0.3 is 0 Å². The minimum Gasteiger partial charge on any atom is -0.305 e. The lowest BCUT2D eigenvalue weighted by Crippen LogP contribution is -2.14. The zero-order valence-electron chi connectivity index (χ0n) is 10.8. The van der Waals surface area contributed by atoms with E-state index in [0.717, 1.165) is 0 Å². The maximum absolute atomic E-state index is 13.8. The quantitative estimate of drug-likeness (QED) is 0.767. The van der Waals surface area contributed by atoms with Gasteiger partial charge in [0.2, 0.25) is 0 Å². The van der Waals surface area contributed by atoms with Gasteiger partial charge in [0.15, 0.2) is 5.82 Å². The Balaban J connectivity index is 2.03. The molecule has 3 nitrogen and oxygen atoms in total. The average molecular weight is 301 g/mol. The number of carbonyl (C=O) groups is 1. The summed E-state index contributed by atoms with van der Waals surface area (Å²) in [6.45, 7) is 0. The maximum atomic E-state index is 13.8. The summed E-state index contributed by atoms with van der Waals surface area (Å²) in [6, 6.07) is 12.8. The average Bonchev–Trinajstić information content (AvgIpc) is 2.50. The second-order valence-corrected chi connectivity index (χ2v) is 4.84. The molecular formula is C16H10ClFN2O. The number of hydrogen-bond donors (Lipinski definition) is 1. The number of nitrogens with one attached hydrogen (secondary N) is 1. The van der Waals surface area contributed by atoms with E-state index >= 15 is 0 Å². The van der Waals surface area contributed by atoms with E-state index < -0.39 is 0 Å². The Labute approximate surface area is 125 Å². The highest BCUT2D eigenvalue weighted by Crippen LogP contribution is 2.24. The van der Waals surface area contributed by atoms with Crippen LogP contribution in [-0.2, 0) is 0 Å². The molecule has 0 unspecified atom stereocenters. The fourth-order valence-electron chi connectivity index (χ4n) is 2.11. The molecule has 2 aromatic carbocycles. The van der Waals surface area contributed by atoms with Crippen molar-refractivity contribution in [1.82, 2.24) is 4.98 Å². The molecule has 0 radical (unpaired) electrons. The number of rotatable bonds is 2. The number of aromatic nitrogens is 1. The minimum absolute atomic E-state index is 0.276. The molecule has 104 valence electrons. The van der Waals surface area contributed by atoms with Crippen LogP contribution in [0, 0.1) is 5.82 Å². The molecule has 5 heteroatoms. The van der Waals surface area contributed by atoms with Gasteiger partial charge in [-0.1, -0.05) is 35.9 Å². The van der Waals surface area contributed by atoms with Crippen molar-refractivity contribution >= 4 is 34.1 Å². The monoisotopic (exact) mass is 300 g/mol. The predicted molar refractivity (Wildman–Crippen MR) is 81.1 cm³/mol. The Bertz CT molecular complexity index is 835. The molecule has 0 aliphatic rings. The van der Waals surface area contributed by atoms with Crippen LogP contribution >= 0.6 is 11.6 Å². The zero-order chi connectivity index (χ0) is 14.8. The maximum Gasteiger partial charge on any atom is 0.257 e. The topological polar surface area (TPSA) is 42.0 Å². The van der Waals surface area contributed by atoms with Crippen LogP contribution in [0.15, 0.2) is 54.7 Å². The summed E-state index contributed by atoms with van der Waals surface area (Å²) in [6.07, 6.45) is 1.53. The van der Waals surface area contributed by atoms with Crippen molar-refractivity contribution in [3.05, 3.63) is 71.1 Å². The molecule has 3 rings (SSSR count). The van der Waals surface area contributed by atoms with Gasteiger partial charge in [0, 0.05) is 17.1 Å². The zero-order valence-corrected chi connectivity index (χ0v) is 11.6. The number of pyridine rings is 1. The van der Waals surface area contributed by atoms with Crippen LogP contribution in [0.1, 0.15) is 10.4 Å². The van der Waals surface area contributed by atoms with Gasteiger partial charge in [-0.2, -0.15) is 0 Å². The van der Waals surface area contributed by atoms with Crippen molar-refractivity contribution < 1.29 is 9.18 Å². The molecule has 1 heterocycles. The van der Waals surface area contributed by atoms with E-state index in [2.05, 4.69) is 10.3 Å².